The number of rotatable bonds is 9. The van der Waals surface area contributed by atoms with Crippen molar-refractivity contribution in [3.8, 4) is 28.5 Å². The second kappa shape index (κ2) is 9.08. The van der Waals surface area contributed by atoms with E-state index in [0.29, 0.717) is 19.1 Å². The maximum absolute atomic E-state index is 5.63. The molecule has 0 saturated heterocycles. The van der Waals surface area contributed by atoms with E-state index in [1.807, 2.05) is 49.5 Å². The zero-order valence-corrected chi connectivity index (χ0v) is 17.8. The van der Waals surface area contributed by atoms with E-state index in [0.717, 1.165) is 39.8 Å². The minimum Gasteiger partial charge on any atom is -0.494 e. The van der Waals surface area contributed by atoms with Crippen LogP contribution in [0.1, 0.15) is 36.8 Å². The van der Waals surface area contributed by atoms with E-state index in [1.54, 1.807) is 14.2 Å². The van der Waals surface area contributed by atoms with Gasteiger partial charge in [0.2, 0.25) is 0 Å². The van der Waals surface area contributed by atoms with Crippen LogP contribution in [0.4, 0.5) is 5.69 Å². The predicted octanol–water partition coefficient (Wildman–Crippen LogP) is 5.65. The van der Waals surface area contributed by atoms with Gasteiger partial charge in [-0.2, -0.15) is 0 Å². The summed E-state index contributed by atoms with van der Waals surface area (Å²) in [7, 11) is 3.39. The molecule has 0 radical (unpaired) electrons. The molecule has 4 rings (SSSR count). The highest BCUT2D eigenvalue weighted by atomic mass is 16.5. The van der Waals surface area contributed by atoms with Gasteiger partial charge in [0.05, 0.1) is 26.5 Å². The van der Waals surface area contributed by atoms with Crippen LogP contribution in [0.15, 0.2) is 54.7 Å². The lowest BCUT2D eigenvalue weighted by Crippen LogP contribution is -2.01. The number of ether oxygens (including phenoxy) is 3. The Morgan fingerprint density at radius 3 is 2.47 bits per heavy atom. The highest BCUT2D eigenvalue weighted by Gasteiger charge is 2.29. The fraction of sp³-hybridized carbons (Fsp3) is 0.320. The molecule has 5 heteroatoms. The summed E-state index contributed by atoms with van der Waals surface area (Å²) >= 11 is 0. The number of hydrogen-bond acceptors (Lipinski definition) is 5. The van der Waals surface area contributed by atoms with Gasteiger partial charge in [0, 0.05) is 29.6 Å². The van der Waals surface area contributed by atoms with E-state index in [9.17, 15) is 0 Å². The molecule has 1 heterocycles. The summed E-state index contributed by atoms with van der Waals surface area (Å²) in [5.41, 5.74) is 5.42. The molecule has 1 aliphatic rings. The number of nitrogens with one attached hydrogen (secondary N) is 1. The lowest BCUT2D eigenvalue weighted by atomic mass is 10.0. The van der Waals surface area contributed by atoms with Gasteiger partial charge in [-0.3, -0.25) is 4.98 Å². The first-order chi connectivity index (χ1) is 14.7. The van der Waals surface area contributed by atoms with Gasteiger partial charge in [-0.05, 0) is 79.8 Å². The molecular formula is C25H28N2O3. The van der Waals surface area contributed by atoms with Gasteiger partial charge >= 0.3 is 0 Å². The van der Waals surface area contributed by atoms with Crippen molar-refractivity contribution in [1.82, 2.24) is 4.98 Å². The summed E-state index contributed by atoms with van der Waals surface area (Å²) in [6, 6.07) is 16.4. The van der Waals surface area contributed by atoms with E-state index in [-0.39, 0.29) is 0 Å². The van der Waals surface area contributed by atoms with Crippen molar-refractivity contribution in [3.63, 3.8) is 0 Å². The predicted molar refractivity (Wildman–Crippen MR) is 120 cm³/mol. The Balaban J connectivity index is 1.54. The van der Waals surface area contributed by atoms with Gasteiger partial charge in [0.1, 0.15) is 5.75 Å². The third kappa shape index (κ3) is 4.51. The molecule has 0 amide bonds. The average molecular weight is 405 g/mol. The van der Waals surface area contributed by atoms with Gasteiger partial charge in [0.25, 0.3) is 0 Å². The number of hydrogen-bond donors (Lipinski definition) is 1. The van der Waals surface area contributed by atoms with Crippen molar-refractivity contribution in [1.29, 1.82) is 0 Å². The minimum atomic E-state index is 0.554. The Labute approximate surface area is 178 Å². The first kappa shape index (κ1) is 20.1. The van der Waals surface area contributed by atoms with E-state index in [4.69, 9.17) is 14.2 Å². The van der Waals surface area contributed by atoms with Crippen LogP contribution in [0.2, 0.25) is 0 Å². The third-order valence-corrected chi connectivity index (χ3v) is 5.31. The second-order valence-electron chi connectivity index (χ2n) is 7.44. The normalized spacial score (nSPS) is 13.0. The molecular weight excluding hydrogens is 376 g/mol. The van der Waals surface area contributed by atoms with Crippen molar-refractivity contribution in [3.05, 3.63) is 65.9 Å². The topological polar surface area (TPSA) is 52.6 Å². The standard InChI is InChI=1S/C25H28N2O3/c1-4-30-21-9-7-20(8-10-21)27-16-17-11-12-26-23(13-17)19-14-22(18-5-6-18)25(29-3)24(15-19)28-2/h7-15,18,27H,4-6,16H2,1-3H3. The SMILES string of the molecule is CCOc1ccc(NCc2ccnc(-c3cc(OC)c(OC)c(C4CC4)c3)c2)cc1. The number of anilines is 1. The van der Waals surface area contributed by atoms with Crippen LogP contribution in [-0.4, -0.2) is 25.8 Å². The zero-order valence-electron chi connectivity index (χ0n) is 17.8. The molecule has 1 aliphatic carbocycles. The maximum Gasteiger partial charge on any atom is 0.164 e. The van der Waals surface area contributed by atoms with Crippen LogP contribution < -0.4 is 19.5 Å². The van der Waals surface area contributed by atoms with E-state index >= 15 is 0 Å². The molecule has 0 bridgehead atoms. The molecule has 3 aromatic rings. The fourth-order valence-electron chi connectivity index (χ4n) is 3.62. The summed E-state index contributed by atoms with van der Waals surface area (Å²) < 4.78 is 16.7. The van der Waals surface area contributed by atoms with Gasteiger partial charge in [-0.1, -0.05) is 0 Å². The minimum absolute atomic E-state index is 0.554. The molecule has 156 valence electrons. The second-order valence-corrected chi connectivity index (χ2v) is 7.44. The molecule has 1 N–H and O–H groups in total. The first-order valence-electron chi connectivity index (χ1n) is 10.4. The van der Waals surface area contributed by atoms with E-state index in [2.05, 4.69) is 22.4 Å². The summed E-state index contributed by atoms with van der Waals surface area (Å²) in [5, 5.41) is 3.46. The lowest BCUT2D eigenvalue weighted by Gasteiger charge is -2.15. The van der Waals surface area contributed by atoms with Crippen molar-refractivity contribution >= 4 is 5.69 Å². The molecule has 30 heavy (non-hydrogen) atoms. The number of pyridine rings is 1. The monoisotopic (exact) mass is 404 g/mol. The Morgan fingerprint density at radius 2 is 1.80 bits per heavy atom. The Bertz CT molecular complexity index is 998. The molecule has 5 nitrogen and oxygen atoms in total. The quantitative estimate of drug-likeness (QED) is 0.499. The number of methoxy groups -OCH3 is 2. The fourth-order valence-corrected chi connectivity index (χ4v) is 3.62. The molecule has 1 aromatic heterocycles. The van der Waals surface area contributed by atoms with Gasteiger partial charge in [-0.25, -0.2) is 0 Å². The van der Waals surface area contributed by atoms with Crippen molar-refractivity contribution in [2.45, 2.75) is 32.2 Å². The van der Waals surface area contributed by atoms with E-state index < -0.39 is 0 Å². The molecule has 0 aliphatic heterocycles. The molecule has 0 spiro atoms. The number of nitrogens with zero attached hydrogens (tertiary/aromatic N) is 1. The molecule has 1 fully saturated rings. The van der Waals surface area contributed by atoms with Crippen LogP contribution in [-0.2, 0) is 6.54 Å². The Morgan fingerprint density at radius 1 is 1.00 bits per heavy atom. The summed E-state index contributed by atoms with van der Waals surface area (Å²) in [5.74, 6) is 3.04. The Kier molecular flexibility index (Phi) is 6.07. The average Bonchev–Trinajstić information content (AvgIpc) is 3.63. The Hall–Kier alpha value is -3.21. The first-order valence-corrected chi connectivity index (χ1v) is 10.4. The van der Waals surface area contributed by atoms with Gasteiger partial charge < -0.3 is 19.5 Å². The molecule has 0 atom stereocenters. The van der Waals surface area contributed by atoms with E-state index in [1.165, 1.54) is 18.4 Å². The molecule has 2 aromatic carbocycles. The van der Waals surface area contributed by atoms with Crippen LogP contribution in [0.5, 0.6) is 17.2 Å². The largest absolute Gasteiger partial charge is 0.494 e. The van der Waals surface area contributed by atoms with Crippen LogP contribution in [0.3, 0.4) is 0 Å². The summed E-state index contributed by atoms with van der Waals surface area (Å²) in [6.45, 7) is 3.37. The number of aromatic nitrogens is 1. The summed E-state index contributed by atoms with van der Waals surface area (Å²) in [4.78, 5) is 4.61. The lowest BCUT2D eigenvalue weighted by molar-refractivity contribution is 0.340. The zero-order chi connectivity index (χ0) is 20.9. The highest BCUT2D eigenvalue weighted by molar-refractivity contribution is 5.68. The van der Waals surface area contributed by atoms with Crippen LogP contribution in [0.25, 0.3) is 11.3 Å². The van der Waals surface area contributed by atoms with Gasteiger partial charge in [0.15, 0.2) is 11.5 Å². The van der Waals surface area contributed by atoms with Crippen molar-refractivity contribution in [2.24, 2.45) is 0 Å². The smallest absolute Gasteiger partial charge is 0.164 e. The molecule has 0 unspecified atom stereocenters. The molecule has 1 saturated carbocycles. The summed E-state index contributed by atoms with van der Waals surface area (Å²) in [6.07, 6.45) is 4.25. The van der Waals surface area contributed by atoms with Gasteiger partial charge in [-0.15, -0.1) is 0 Å². The van der Waals surface area contributed by atoms with Crippen molar-refractivity contribution in [2.75, 3.05) is 26.1 Å². The van der Waals surface area contributed by atoms with Crippen LogP contribution >= 0.6 is 0 Å². The maximum atomic E-state index is 5.63. The van der Waals surface area contributed by atoms with Crippen molar-refractivity contribution < 1.29 is 14.2 Å². The third-order valence-electron chi connectivity index (χ3n) is 5.31. The highest BCUT2D eigenvalue weighted by Crippen LogP contribution is 2.49. The number of benzene rings is 2. The van der Waals surface area contributed by atoms with Crippen LogP contribution in [0, 0.1) is 0 Å².